The van der Waals surface area contributed by atoms with Crippen molar-refractivity contribution in [3.63, 3.8) is 0 Å². The van der Waals surface area contributed by atoms with Gasteiger partial charge < -0.3 is 27.8 Å². The van der Waals surface area contributed by atoms with E-state index in [0.29, 0.717) is 0 Å². The second-order valence-electron chi connectivity index (χ2n) is 19.7. The van der Waals surface area contributed by atoms with Gasteiger partial charge in [0.2, 0.25) is 0 Å². The lowest BCUT2D eigenvalue weighted by Gasteiger charge is -2.25. The van der Waals surface area contributed by atoms with Crippen LogP contribution in [0.25, 0.3) is 105 Å². The Kier molecular flexibility index (Phi) is 10.2. The molecule has 0 amide bonds. The van der Waals surface area contributed by atoms with Gasteiger partial charge in [0.25, 0.3) is 0 Å². The highest BCUT2D eigenvalue weighted by atomic mass is 16.3. The first-order valence-corrected chi connectivity index (χ1v) is 26.1. The van der Waals surface area contributed by atoms with Crippen LogP contribution in [-0.2, 0) is 0 Å². The molecule has 77 heavy (non-hydrogen) atoms. The van der Waals surface area contributed by atoms with Crippen molar-refractivity contribution in [3.8, 4) is 22.5 Å². The lowest BCUT2D eigenvalue weighted by Crippen LogP contribution is -2.09. The third-order valence-corrected chi connectivity index (χ3v) is 15.4. The number of aryl methyl sites for hydroxylation is 1. The van der Waals surface area contributed by atoms with Crippen molar-refractivity contribution in [3.05, 3.63) is 273 Å². The molecular formula is C71H48N4O2. The highest BCUT2D eigenvalue weighted by molar-refractivity contribution is 6.15. The van der Waals surface area contributed by atoms with Gasteiger partial charge >= 0.3 is 0 Å². The van der Waals surface area contributed by atoms with Crippen molar-refractivity contribution in [1.82, 2.24) is 9.13 Å². The highest BCUT2D eigenvalue weighted by Gasteiger charge is 2.24. The molecule has 6 nitrogen and oxygen atoms in total. The van der Waals surface area contributed by atoms with Gasteiger partial charge in [-0.3, -0.25) is 0 Å². The van der Waals surface area contributed by atoms with Crippen molar-refractivity contribution in [2.45, 2.75) is 6.92 Å². The van der Waals surface area contributed by atoms with Gasteiger partial charge in [0, 0.05) is 101 Å². The maximum Gasteiger partial charge on any atom is 0.137 e. The molecule has 0 aliphatic carbocycles. The van der Waals surface area contributed by atoms with Crippen molar-refractivity contribution in [2.24, 2.45) is 0 Å². The third-order valence-electron chi connectivity index (χ3n) is 15.4. The normalized spacial score (nSPS) is 11.8. The van der Waals surface area contributed by atoms with Crippen LogP contribution in [-0.4, -0.2) is 9.13 Å². The van der Waals surface area contributed by atoms with E-state index in [2.05, 4.69) is 287 Å². The van der Waals surface area contributed by atoms with E-state index in [1.165, 1.54) is 32.6 Å². The van der Waals surface area contributed by atoms with E-state index >= 15 is 0 Å². The minimum Gasteiger partial charge on any atom is -0.461 e. The molecule has 15 rings (SSSR count). The van der Waals surface area contributed by atoms with Gasteiger partial charge in [0.05, 0.1) is 22.1 Å². The number of rotatable bonds is 10. The average molecular weight is 989 g/mol. The van der Waals surface area contributed by atoms with E-state index in [-0.39, 0.29) is 0 Å². The van der Waals surface area contributed by atoms with Crippen LogP contribution in [0.1, 0.15) is 11.3 Å². The molecule has 15 aromatic rings. The van der Waals surface area contributed by atoms with Crippen LogP contribution in [0.2, 0.25) is 0 Å². The first-order chi connectivity index (χ1) is 38.1. The number of hydrogen-bond acceptors (Lipinski definition) is 4. The molecule has 0 radical (unpaired) electrons. The Bertz CT molecular complexity index is 4780. The average Bonchev–Trinajstić information content (AvgIpc) is 4.38. The number of para-hydroxylation sites is 6. The van der Waals surface area contributed by atoms with E-state index in [1.807, 2.05) is 6.08 Å². The Balaban J connectivity index is 0.830. The van der Waals surface area contributed by atoms with Crippen molar-refractivity contribution < 1.29 is 8.83 Å². The predicted octanol–water partition coefficient (Wildman–Crippen LogP) is 20.1. The first kappa shape index (κ1) is 44.2. The topological polar surface area (TPSA) is 42.6 Å². The molecule has 0 saturated heterocycles. The largest absolute Gasteiger partial charge is 0.461 e. The summed E-state index contributed by atoms with van der Waals surface area (Å²) in [6.07, 6.45) is 1.96. The fraction of sp³-hybridized carbons (Fsp3) is 0.0141. The van der Waals surface area contributed by atoms with Crippen LogP contribution in [0.3, 0.4) is 0 Å². The predicted molar refractivity (Wildman–Crippen MR) is 322 cm³/mol. The number of hydrogen-bond donors (Lipinski definition) is 0. The lowest BCUT2D eigenvalue weighted by molar-refractivity contribution is 0.580. The number of aromatic nitrogens is 2. The number of anilines is 6. The Hall–Kier alpha value is -10.3. The SMILES string of the molecule is C=Cc1c(-c2c(C)oc3cc(N(c4ccccc4)c4ccc5c(c4)c4ccccc4n5-c4ccccc4)ccc23)ccc2oc3cc(N(c4ccccc4)c4ccc5c(c4)c4ccccc4n5-c4ccccc4)ccc3c12. The molecule has 0 aliphatic rings. The molecule has 364 valence electrons. The van der Waals surface area contributed by atoms with Crippen LogP contribution in [0, 0.1) is 6.92 Å². The van der Waals surface area contributed by atoms with Crippen LogP contribution >= 0.6 is 0 Å². The summed E-state index contributed by atoms with van der Waals surface area (Å²) >= 11 is 0. The molecule has 0 saturated carbocycles. The zero-order valence-electron chi connectivity index (χ0n) is 42.1. The van der Waals surface area contributed by atoms with Crippen LogP contribution in [0.4, 0.5) is 34.1 Å². The Morgan fingerprint density at radius 2 is 0.779 bits per heavy atom. The third kappa shape index (κ3) is 7.03. The molecule has 0 bridgehead atoms. The minimum atomic E-state index is 0.794. The number of furan rings is 2. The van der Waals surface area contributed by atoms with E-state index in [1.54, 1.807) is 0 Å². The maximum atomic E-state index is 6.82. The van der Waals surface area contributed by atoms with Crippen molar-refractivity contribution in [2.75, 3.05) is 9.80 Å². The second-order valence-corrected chi connectivity index (χ2v) is 19.7. The summed E-state index contributed by atoms with van der Waals surface area (Å²) in [5.74, 6) is 0.832. The van der Waals surface area contributed by atoms with Gasteiger partial charge in [0.15, 0.2) is 0 Å². The zero-order valence-corrected chi connectivity index (χ0v) is 42.1. The Morgan fingerprint density at radius 3 is 1.30 bits per heavy atom. The van der Waals surface area contributed by atoms with Crippen LogP contribution in [0.15, 0.2) is 270 Å². The summed E-state index contributed by atoms with van der Waals surface area (Å²) in [6.45, 7) is 6.48. The maximum absolute atomic E-state index is 6.82. The molecule has 11 aromatic carbocycles. The highest BCUT2D eigenvalue weighted by Crippen LogP contribution is 2.47. The van der Waals surface area contributed by atoms with E-state index in [4.69, 9.17) is 8.83 Å². The van der Waals surface area contributed by atoms with Gasteiger partial charge in [-0.25, -0.2) is 0 Å². The van der Waals surface area contributed by atoms with Gasteiger partial charge in [0.1, 0.15) is 22.5 Å². The van der Waals surface area contributed by atoms with E-state index in [0.717, 1.165) is 112 Å². The minimum absolute atomic E-state index is 0.794. The monoisotopic (exact) mass is 988 g/mol. The van der Waals surface area contributed by atoms with Crippen molar-refractivity contribution in [1.29, 1.82) is 0 Å². The van der Waals surface area contributed by atoms with Gasteiger partial charge in [-0.2, -0.15) is 0 Å². The smallest absolute Gasteiger partial charge is 0.137 e. The fourth-order valence-corrected chi connectivity index (χ4v) is 12.1. The molecule has 0 aliphatic heterocycles. The summed E-state index contributed by atoms with van der Waals surface area (Å²) in [5.41, 5.74) is 18.6. The van der Waals surface area contributed by atoms with Gasteiger partial charge in [-0.1, -0.05) is 122 Å². The number of nitrogens with zero attached hydrogens (tertiary/aromatic N) is 4. The fourth-order valence-electron chi connectivity index (χ4n) is 12.1. The molecule has 0 unspecified atom stereocenters. The number of benzene rings is 11. The quantitative estimate of drug-likeness (QED) is 0.137. The van der Waals surface area contributed by atoms with Crippen molar-refractivity contribution >= 4 is 117 Å². The summed E-state index contributed by atoms with van der Waals surface area (Å²) in [6, 6.07) is 90.7. The zero-order chi connectivity index (χ0) is 51.1. The lowest BCUT2D eigenvalue weighted by atomic mass is 9.93. The van der Waals surface area contributed by atoms with E-state index in [9.17, 15) is 0 Å². The Morgan fingerprint density at radius 1 is 0.351 bits per heavy atom. The second kappa shape index (κ2) is 17.7. The number of fused-ring (bicyclic) bond motifs is 10. The molecule has 0 spiro atoms. The summed E-state index contributed by atoms with van der Waals surface area (Å²) in [7, 11) is 0. The Labute approximate surface area is 444 Å². The molecule has 0 fully saturated rings. The molecule has 4 heterocycles. The van der Waals surface area contributed by atoms with Gasteiger partial charge in [-0.15, -0.1) is 0 Å². The van der Waals surface area contributed by atoms with Crippen LogP contribution in [0.5, 0.6) is 0 Å². The molecule has 4 aromatic heterocycles. The molecule has 6 heteroatoms. The molecular weight excluding hydrogens is 941 g/mol. The standard InChI is InChI=1S/C71H48N4O2/c1-3-55-58(70-46(2)76-68-44-53(32-36-59(68)70)72(47-20-8-4-9-21-47)51-34-39-65-61(42-51)56-28-16-18-30-63(56)74(65)49-24-12-6-13-25-49)38-41-67-71(55)60-37-33-54(45-69(60)77-67)73(48-22-10-5-11-23-48)52-35-40-66-62(43-52)57-29-17-19-31-64(57)75(66)50-26-14-7-15-27-50/h3-45H,1H2,2H3. The van der Waals surface area contributed by atoms with Gasteiger partial charge in [-0.05, 0) is 152 Å². The van der Waals surface area contributed by atoms with E-state index < -0.39 is 0 Å². The molecule has 0 N–H and O–H groups in total. The van der Waals surface area contributed by atoms with Crippen LogP contribution < -0.4 is 9.80 Å². The molecule has 0 atom stereocenters. The summed E-state index contributed by atoms with van der Waals surface area (Å²) < 4.78 is 18.3. The first-order valence-electron chi connectivity index (χ1n) is 26.1. The summed E-state index contributed by atoms with van der Waals surface area (Å²) in [5, 5.41) is 7.84. The summed E-state index contributed by atoms with van der Waals surface area (Å²) in [4.78, 5) is 4.64.